The second-order valence-electron chi connectivity index (χ2n) is 5.98. The number of benzene rings is 2. The van der Waals surface area contributed by atoms with Gasteiger partial charge in [0.2, 0.25) is 0 Å². The fourth-order valence-electron chi connectivity index (χ4n) is 2.96. The molecular weight excluding hydrogens is 289 g/mol. The largest absolute Gasteiger partial charge is 0.304 e. The van der Waals surface area contributed by atoms with Crippen LogP contribution in [-0.2, 0) is 13.0 Å². The second-order valence-corrected chi connectivity index (χ2v) is 5.98. The van der Waals surface area contributed by atoms with Crippen LogP contribution in [0.3, 0.4) is 0 Å². The van der Waals surface area contributed by atoms with E-state index in [9.17, 15) is 9.18 Å². The highest BCUT2D eigenvalue weighted by Gasteiger charge is 2.08. The molecule has 0 spiro atoms. The van der Waals surface area contributed by atoms with Crippen molar-refractivity contribution >= 4 is 10.9 Å². The van der Waals surface area contributed by atoms with E-state index in [1.807, 2.05) is 6.92 Å². The van der Waals surface area contributed by atoms with Gasteiger partial charge in [0.15, 0.2) is 0 Å². The molecule has 1 aromatic heterocycles. The highest BCUT2D eigenvalue weighted by atomic mass is 19.1. The predicted molar refractivity (Wildman–Crippen MR) is 92.4 cm³/mol. The Kier molecular flexibility index (Phi) is 4.28. The van der Waals surface area contributed by atoms with Crippen LogP contribution in [0.5, 0.6) is 0 Å². The molecule has 3 aromatic rings. The second kappa shape index (κ2) is 6.37. The first-order chi connectivity index (χ1) is 11.1. The molecule has 0 amide bonds. The Bertz CT molecular complexity index is 894. The van der Waals surface area contributed by atoms with E-state index in [1.165, 1.54) is 17.7 Å². The van der Waals surface area contributed by atoms with Gasteiger partial charge in [-0.15, -0.1) is 0 Å². The van der Waals surface area contributed by atoms with Gasteiger partial charge in [-0.2, -0.15) is 0 Å². The zero-order chi connectivity index (χ0) is 16.4. The molecule has 0 saturated carbocycles. The van der Waals surface area contributed by atoms with Crippen LogP contribution in [0, 0.1) is 12.7 Å². The molecule has 0 unspecified atom stereocenters. The molecule has 0 atom stereocenters. The average molecular weight is 309 g/mol. The number of aryl methyl sites for hydroxylation is 2. The summed E-state index contributed by atoms with van der Waals surface area (Å²) in [6, 6.07) is 14.5. The Hall–Kier alpha value is -2.42. The minimum atomic E-state index is -0.283. The molecule has 1 heterocycles. The first kappa shape index (κ1) is 15.5. The zero-order valence-electron chi connectivity index (χ0n) is 13.5. The van der Waals surface area contributed by atoms with E-state index in [4.69, 9.17) is 0 Å². The van der Waals surface area contributed by atoms with Gasteiger partial charge < -0.3 is 4.57 Å². The lowest BCUT2D eigenvalue weighted by Crippen LogP contribution is -2.21. The molecule has 0 saturated heterocycles. The van der Waals surface area contributed by atoms with Crippen molar-refractivity contribution in [3.63, 3.8) is 0 Å². The van der Waals surface area contributed by atoms with E-state index in [0.717, 1.165) is 34.9 Å². The van der Waals surface area contributed by atoms with Crippen molar-refractivity contribution in [3.05, 3.63) is 81.4 Å². The summed E-state index contributed by atoms with van der Waals surface area (Å²) in [6.45, 7) is 4.49. The number of fused-ring (bicyclic) bond motifs is 1. The number of aromatic nitrogens is 1. The van der Waals surface area contributed by atoms with Crippen molar-refractivity contribution in [1.29, 1.82) is 0 Å². The van der Waals surface area contributed by atoms with Crippen LogP contribution < -0.4 is 5.56 Å². The number of hydrogen-bond donors (Lipinski definition) is 0. The lowest BCUT2D eigenvalue weighted by atomic mass is 10.1. The van der Waals surface area contributed by atoms with Crippen LogP contribution in [0.4, 0.5) is 4.39 Å². The van der Waals surface area contributed by atoms with Crippen molar-refractivity contribution < 1.29 is 4.39 Å². The third-order valence-corrected chi connectivity index (χ3v) is 4.18. The Morgan fingerprint density at radius 1 is 1.00 bits per heavy atom. The topological polar surface area (TPSA) is 22.0 Å². The van der Waals surface area contributed by atoms with E-state index in [-0.39, 0.29) is 11.4 Å². The van der Waals surface area contributed by atoms with Gasteiger partial charge in [-0.25, -0.2) is 4.39 Å². The first-order valence-corrected chi connectivity index (χ1v) is 7.96. The predicted octanol–water partition coefficient (Wildman–Crippen LogP) is 4.45. The van der Waals surface area contributed by atoms with E-state index < -0.39 is 0 Å². The van der Waals surface area contributed by atoms with Crippen molar-refractivity contribution in [2.75, 3.05) is 0 Å². The van der Waals surface area contributed by atoms with E-state index >= 15 is 0 Å². The van der Waals surface area contributed by atoms with Gasteiger partial charge >= 0.3 is 0 Å². The molecule has 2 nitrogen and oxygen atoms in total. The minimum absolute atomic E-state index is 0.0563. The van der Waals surface area contributed by atoms with Crippen molar-refractivity contribution in [2.24, 2.45) is 0 Å². The number of pyridine rings is 1. The van der Waals surface area contributed by atoms with Gasteiger partial charge in [-0.1, -0.05) is 37.6 Å². The lowest BCUT2D eigenvalue weighted by Gasteiger charge is -2.12. The molecule has 0 aliphatic rings. The summed E-state index contributed by atoms with van der Waals surface area (Å²) in [5, 5.41) is 0.784. The van der Waals surface area contributed by atoms with Gasteiger partial charge in [0.05, 0.1) is 12.1 Å². The quantitative estimate of drug-likeness (QED) is 0.698. The fourth-order valence-corrected chi connectivity index (χ4v) is 2.96. The standard InChI is InChI=1S/C20H20FNO/c1-3-4-15-5-7-16(8-6-15)13-22-19-10-9-17(21)12-18(19)14(2)11-20(22)23/h5-12H,3-4,13H2,1-2H3. The molecule has 0 bridgehead atoms. The number of rotatable bonds is 4. The molecule has 0 N–H and O–H groups in total. The van der Waals surface area contributed by atoms with Crippen molar-refractivity contribution in [1.82, 2.24) is 4.57 Å². The fraction of sp³-hybridized carbons (Fsp3) is 0.250. The third kappa shape index (κ3) is 3.19. The van der Waals surface area contributed by atoms with Gasteiger partial charge in [-0.05, 0) is 48.2 Å². The zero-order valence-corrected chi connectivity index (χ0v) is 13.5. The van der Waals surface area contributed by atoms with Crippen molar-refractivity contribution in [2.45, 2.75) is 33.2 Å². The maximum atomic E-state index is 13.5. The maximum Gasteiger partial charge on any atom is 0.251 e. The molecule has 3 heteroatoms. The molecule has 0 aliphatic carbocycles. The summed E-state index contributed by atoms with van der Waals surface area (Å²) in [5.41, 5.74) is 3.90. The van der Waals surface area contributed by atoms with Crippen molar-refractivity contribution in [3.8, 4) is 0 Å². The molecule has 2 aromatic carbocycles. The number of hydrogen-bond acceptors (Lipinski definition) is 1. The van der Waals surface area contributed by atoms with Crippen LogP contribution in [0.1, 0.15) is 30.0 Å². The van der Waals surface area contributed by atoms with Gasteiger partial charge in [-0.3, -0.25) is 4.79 Å². The van der Waals surface area contributed by atoms with Crippen LogP contribution >= 0.6 is 0 Å². The van der Waals surface area contributed by atoms with Gasteiger partial charge in [0, 0.05) is 11.5 Å². The summed E-state index contributed by atoms with van der Waals surface area (Å²) in [7, 11) is 0. The molecule has 3 rings (SSSR count). The van der Waals surface area contributed by atoms with Crippen LogP contribution in [0.2, 0.25) is 0 Å². The monoisotopic (exact) mass is 309 g/mol. The number of nitrogens with zero attached hydrogens (tertiary/aromatic N) is 1. The lowest BCUT2D eigenvalue weighted by molar-refractivity contribution is 0.629. The first-order valence-electron chi connectivity index (χ1n) is 7.96. The van der Waals surface area contributed by atoms with Crippen LogP contribution in [-0.4, -0.2) is 4.57 Å². The Balaban J connectivity index is 2.04. The van der Waals surface area contributed by atoms with Crippen LogP contribution in [0.25, 0.3) is 10.9 Å². The molecule has 0 aliphatic heterocycles. The minimum Gasteiger partial charge on any atom is -0.304 e. The Morgan fingerprint density at radius 3 is 2.39 bits per heavy atom. The Morgan fingerprint density at radius 2 is 1.70 bits per heavy atom. The smallest absolute Gasteiger partial charge is 0.251 e. The van der Waals surface area contributed by atoms with Gasteiger partial charge in [0.25, 0.3) is 5.56 Å². The third-order valence-electron chi connectivity index (χ3n) is 4.18. The average Bonchev–Trinajstić information content (AvgIpc) is 2.53. The SMILES string of the molecule is CCCc1ccc(Cn2c(=O)cc(C)c3cc(F)ccc32)cc1. The summed E-state index contributed by atoms with van der Waals surface area (Å²) < 4.78 is 15.2. The highest BCUT2D eigenvalue weighted by Crippen LogP contribution is 2.19. The molecule has 0 fully saturated rings. The van der Waals surface area contributed by atoms with Crippen LogP contribution in [0.15, 0.2) is 53.3 Å². The normalized spacial score (nSPS) is 11.1. The van der Waals surface area contributed by atoms with E-state index in [0.29, 0.717) is 6.54 Å². The van der Waals surface area contributed by atoms with Gasteiger partial charge in [0.1, 0.15) is 5.82 Å². The molecule has 118 valence electrons. The molecular formula is C20H20FNO. The molecule has 23 heavy (non-hydrogen) atoms. The summed E-state index contributed by atoms with van der Waals surface area (Å²) in [5.74, 6) is -0.283. The summed E-state index contributed by atoms with van der Waals surface area (Å²) in [4.78, 5) is 12.4. The van der Waals surface area contributed by atoms with E-state index in [2.05, 4.69) is 31.2 Å². The highest BCUT2D eigenvalue weighted by molar-refractivity contribution is 5.82. The Labute approximate surface area is 135 Å². The van der Waals surface area contributed by atoms with E-state index in [1.54, 1.807) is 16.7 Å². The molecule has 0 radical (unpaired) electrons. The summed E-state index contributed by atoms with van der Waals surface area (Å²) >= 11 is 0. The number of halogens is 1. The summed E-state index contributed by atoms with van der Waals surface area (Å²) in [6.07, 6.45) is 2.18. The maximum absolute atomic E-state index is 13.5.